The van der Waals surface area contributed by atoms with Gasteiger partial charge in [-0.25, -0.2) is 4.79 Å². The zero-order chi connectivity index (χ0) is 15.8. The van der Waals surface area contributed by atoms with Crippen LogP contribution < -0.4 is 5.32 Å². The summed E-state index contributed by atoms with van der Waals surface area (Å²) in [4.78, 5) is 23.5. The highest BCUT2D eigenvalue weighted by molar-refractivity contribution is 5.90. The Kier molecular flexibility index (Phi) is 4.39. The summed E-state index contributed by atoms with van der Waals surface area (Å²) in [6.45, 7) is 9.06. The molecular weight excluding hydrogens is 274 g/mol. The van der Waals surface area contributed by atoms with Crippen LogP contribution in [0.3, 0.4) is 0 Å². The molecule has 1 heterocycles. The van der Waals surface area contributed by atoms with Gasteiger partial charge in [0.25, 0.3) is 0 Å². The van der Waals surface area contributed by atoms with Gasteiger partial charge in [-0.05, 0) is 26.7 Å². The maximum absolute atomic E-state index is 12.1. The monoisotopic (exact) mass is 297 g/mol. The maximum Gasteiger partial charge on any atom is 0.336 e. The molecule has 1 aliphatic heterocycles. The van der Waals surface area contributed by atoms with E-state index in [1.807, 2.05) is 13.0 Å². The van der Waals surface area contributed by atoms with E-state index >= 15 is 0 Å². The van der Waals surface area contributed by atoms with Crippen LogP contribution in [0.4, 0.5) is 0 Å². The van der Waals surface area contributed by atoms with Crippen LogP contribution in [0.25, 0.3) is 0 Å². The largest absolute Gasteiger partial charge is 0.463 e. The van der Waals surface area contributed by atoms with Gasteiger partial charge in [0, 0.05) is 6.92 Å². The average Bonchev–Trinajstić information content (AvgIpc) is 2.68. The number of rotatable bonds is 3. The van der Waals surface area contributed by atoms with Crippen molar-refractivity contribution in [2.45, 2.75) is 58.7 Å². The molecule has 0 aromatic heterocycles. The summed E-state index contributed by atoms with van der Waals surface area (Å²) in [5, 5.41) is 2.89. The fourth-order valence-corrected chi connectivity index (χ4v) is 2.92. The molecule has 4 atom stereocenters. The lowest BCUT2D eigenvalue weighted by Crippen LogP contribution is -2.53. The zero-order valence-electron chi connectivity index (χ0n) is 13.1. The van der Waals surface area contributed by atoms with Crippen molar-refractivity contribution in [1.29, 1.82) is 0 Å². The molecule has 0 spiro atoms. The molecule has 0 aromatic rings. The van der Waals surface area contributed by atoms with Crippen molar-refractivity contribution in [1.82, 2.24) is 5.32 Å². The predicted molar refractivity (Wildman–Crippen MR) is 75.3 cm³/mol. The molecule has 0 unspecified atom stereocenters. The van der Waals surface area contributed by atoms with E-state index in [2.05, 4.69) is 5.32 Å². The Bertz CT molecular complexity index is 471. The number of nitrogens with one attached hydrogen (secondary N) is 1. The standard InChI is InChI=1S/C15H23NO5/c1-6-19-14(18)10-7-8(2)11(16-9(3)17)13-12(10)20-15(4,5)21-13/h7-8,11-13H,6H2,1-5H3,(H,16,17)/t8-,11+,12+,13-/m0/s1. The Morgan fingerprint density at radius 3 is 2.62 bits per heavy atom. The van der Waals surface area contributed by atoms with Gasteiger partial charge in [-0.15, -0.1) is 0 Å². The molecule has 6 nitrogen and oxygen atoms in total. The first-order chi connectivity index (χ1) is 9.75. The smallest absolute Gasteiger partial charge is 0.336 e. The number of fused-ring (bicyclic) bond motifs is 1. The van der Waals surface area contributed by atoms with Gasteiger partial charge >= 0.3 is 5.97 Å². The van der Waals surface area contributed by atoms with Gasteiger partial charge in [-0.2, -0.15) is 0 Å². The number of carbonyl (C=O) groups is 2. The minimum atomic E-state index is -0.804. The summed E-state index contributed by atoms with van der Waals surface area (Å²) in [5.41, 5.74) is 0.474. The minimum absolute atomic E-state index is 0.0490. The average molecular weight is 297 g/mol. The van der Waals surface area contributed by atoms with Gasteiger partial charge in [-0.3, -0.25) is 4.79 Å². The van der Waals surface area contributed by atoms with E-state index in [4.69, 9.17) is 14.2 Å². The second-order valence-electron chi connectivity index (χ2n) is 5.95. The number of carbonyl (C=O) groups excluding carboxylic acids is 2. The van der Waals surface area contributed by atoms with E-state index in [1.165, 1.54) is 6.92 Å². The van der Waals surface area contributed by atoms with E-state index in [1.54, 1.807) is 20.8 Å². The molecule has 6 heteroatoms. The third kappa shape index (κ3) is 3.27. The molecule has 0 saturated carbocycles. The Balaban J connectivity index is 2.32. The van der Waals surface area contributed by atoms with Crippen LogP contribution in [0, 0.1) is 5.92 Å². The second-order valence-corrected chi connectivity index (χ2v) is 5.95. The van der Waals surface area contributed by atoms with Crippen molar-refractivity contribution in [3.8, 4) is 0 Å². The van der Waals surface area contributed by atoms with Crippen LogP contribution in [-0.4, -0.2) is 42.5 Å². The lowest BCUT2D eigenvalue weighted by Gasteiger charge is -2.35. The minimum Gasteiger partial charge on any atom is -0.463 e. The Labute approximate surface area is 124 Å². The highest BCUT2D eigenvalue weighted by Crippen LogP contribution is 2.39. The summed E-state index contributed by atoms with van der Waals surface area (Å²) in [6.07, 6.45) is 0.889. The van der Waals surface area contributed by atoms with Gasteiger partial charge in [0.1, 0.15) is 12.2 Å². The summed E-state index contributed by atoms with van der Waals surface area (Å²) < 4.78 is 16.9. The molecule has 2 aliphatic rings. The zero-order valence-corrected chi connectivity index (χ0v) is 13.1. The predicted octanol–water partition coefficient (Wildman–Crippen LogP) is 1.15. The lowest BCUT2D eigenvalue weighted by atomic mass is 9.82. The summed E-state index contributed by atoms with van der Waals surface area (Å²) in [5.74, 6) is -1.37. The second kappa shape index (κ2) is 5.77. The third-order valence-corrected chi connectivity index (χ3v) is 3.68. The molecular formula is C15H23NO5. The summed E-state index contributed by atoms with van der Waals surface area (Å²) in [7, 11) is 0. The van der Waals surface area contributed by atoms with Gasteiger partial charge in [0.15, 0.2) is 5.79 Å². The van der Waals surface area contributed by atoms with Gasteiger partial charge in [0.05, 0.1) is 18.2 Å². The van der Waals surface area contributed by atoms with E-state index in [0.29, 0.717) is 12.2 Å². The van der Waals surface area contributed by atoms with Crippen molar-refractivity contribution in [3.05, 3.63) is 11.6 Å². The summed E-state index contributed by atoms with van der Waals surface area (Å²) >= 11 is 0. The van der Waals surface area contributed by atoms with Crippen molar-refractivity contribution < 1.29 is 23.8 Å². The van der Waals surface area contributed by atoms with E-state index in [0.717, 1.165) is 0 Å². The van der Waals surface area contributed by atoms with Gasteiger partial charge in [0.2, 0.25) is 5.91 Å². The normalized spacial score (nSPS) is 33.9. The van der Waals surface area contributed by atoms with Crippen LogP contribution in [-0.2, 0) is 23.8 Å². The molecule has 21 heavy (non-hydrogen) atoms. The number of hydrogen-bond acceptors (Lipinski definition) is 5. The molecule has 1 amide bonds. The maximum atomic E-state index is 12.1. The van der Waals surface area contributed by atoms with E-state index in [-0.39, 0.29) is 23.8 Å². The molecule has 2 rings (SSSR count). The number of esters is 1. The van der Waals surface area contributed by atoms with Crippen LogP contribution in [0.5, 0.6) is 0 Å². The molecule has 0 aromatic carbocycles. The quantitative estimate of drug-likeness (QED) is 0.791. The van der Waals surface area contributed by atoms with Crippen LogP contribution in [0.2, 0.25) is 0 Å². The number of hydrogen-bond donors (Lipinski definition) is 1. The molecule has 1 fully saturated rings. The summed E-state index contributed by atoms with van der Waals surface area (Å²) in [6, 6.07) is -0.229. The first-order valence-corrected chi connectivity index (χ1v) is 7.26. The first-order valence-electron chi connectivity index (χ1n) is 7.26. The molecule has 118 valence electrons. The van der Waals surface area contributed by atoms with Crippen molar-refractivity contribution in [2.24, 2.45) is 5.92 Å². The van der Waals surface area contributed by atoms with Crippen molar-refractivity contribution >= 4 is 11.9 Å². The van der Waals surface area contributed by atoms with Crippen molar-refractivity contribution in [3.63, 3.8) is 0 Å². The first kappa shape index (κ1) is 16.0. The number of amides is 1. The molecule has 1 N–H and O–H groups in total. The highest BCUT2D eigenvalue weighted by atomic mass is 16.8. The lowest BCUT2D eigenvalue weighted by molar-refractivity contribution is -0.150. The SMILES string of the molecule is CCOC(=O)C1=C[C@H](C)[C@@H](NC(C)=O)[C@@H]2OC(C)(C)O[C@H]12. The third-order valence-electron chi connectivity index (χ3n) is 3.68. The Morgan fingerprint density at radius 1 is 1.38 bits per heavy atom. The Morgan fingerprint density at radius 2 is 2.05 bits per heavy atom. The molecule has 0 bridgehead atoms. The molecule has 1 saturated heterocycles. The Hall–Kier alpha value is -1.40. The highest BCUT2D eigenvalue weighted by Gasteiger charge is 2.52. The molecule has 0 radical (unpaired) electrons. The van der Waals surface area contributed by atoms with Crippen molar-refractivity contribution in [2.75, 3.05) is 6.61 Å². The van der Waals surface area contributed by atoms with Crippen LogP contribution >= 0.6 is 0 Å². The fraction of sp³-hybridized carbons (Fsp3) is 0.733. The van der Waals surface area contributed by atoms with Crippen LogP contribution in [0.15, 0.2) is 11.6 Å². The van der Waals surface area contributed by atoms with E-state index < -0.39 is 18.0 Å². The fourth-order valence-electron chi connectivity index (χ4n) is 2.92. The van der Waals surface area contributed by atoms with Gasteiger partial charge < -0.3 is 19.5 Å². The van der Waals surface area contributed by atoms with Gasteiger partial charge in [-0.1, -0.05) is 13.0 Å². The topological polar surface area (TPSA) is 73.9 Å². The number of ether oxygens (including phenoxy) is 3. The van der Waals surface area contributed by atoms with E-state index in [9.17, 15) is 9.59 Å². The molecule has 1 aliphatic carbocycles. The van der Waals surface area contributed by atoms with Crippen LogP contribution in [0.1, 0.15) is 34.6 Å².